The molecule has 1 radical (unpaired) electrons. The first-order valence-electron chi connectivity index (χ1n) is 1.76. The standard InChI is InChI=1S/C3H7NOS2.K/c1-4-3(6)7-2-5;/h5H,2H2,1H3,(H,4,6);. The second-order valence-corrected chi connectivity index (χ2v) is 2.43. The zero-order valence-corrected chi connectivity index (χ0v) is 9.73. The Labute approximate surface area is 101 Å². The molecule has 2 N–H and O–H groups in total. The van der Waals surface area contributed by atoms with Crippen molar-refractivity contribution < 1.29 is 5.11 Å². The summed E-state index contributed by atoms with van der Waals surface area (Å²) in [4.78, 5) is 0. The summed E-state index contributed by atoms with van der Waals surface area (Å²) in [5.74, 6) is 0.0552. The Morgan fingerprint density at radius 1 is 1.88 bits per heavy atom. The van der Waals surface area contributed by atoms with Crippen LogP contribution in [0, 0.1) is 0 Å². The van der Waals surface area contributed by atoms with Crippen molar-refractivity contribution in [3.05, 3.63) is 0 Å². The molecule has 0 aliphatic rings. The molecule has 0 saturated heterocycles. The molecule has 0 aliphatic carbocycles. The number of nitrogens with one attached hydrogen (secondary N) is 1. The summed E-state index contributed by atoms with van der Waals surface area (Å²) in [5, 5.41) is 10.9. The predicted octanol–water partition coefficient (Wildman–Crippen LogP) is -0.207. The van der Waals surface area contributed by atoms with Crippen LogP contribution in [0.3, 0.4) is 0 Å². The number of rotatable bonds is 1. The number of hydrogen-bond acceptors (Lipinski definition) is 3. The zero-order chi connectivity index (χ0) is 5.70. The molecule has 0 bridgehead atoms. The second-order valence-electron chi connectivity index (χ2n) is 0.811. The van der Waals surface area contributed by atoms with E-state index in [2.05, 4.69) is 17.5 Å². The van der Waals surface area contributed by atoms with Crippen molar-refractivity contribution in [3.63, 3.8) is 0 Å². The van der Waals surface area contributed by atoms with Crippen molar-refractivity contribution in [3.8, 4) is 0 Å². The van der Waals surface area contributed by atoms with E-state index in [0.29, 0.717) is 4.32 Å². The zero-order valence-electron chi connectivity index (χ0n) is 4.97. The molecule has 8 heavy (non-hydrogen) atoms. The van der Waals surface area contributed by atoms with Gasteiger partial charge in [-0.15, -0.1) is 0 Å². The topological polar surface area (TPSA) is 32.3 Å². The first-order chi connectivity index (χ1) is 3.31. The average molecular weight is 176 g/mol. The van der Waals surface area contributed by atoms with Gasteiger partial charge in [0.15, 0.2) is 0 Å². The van der Waals surface area contributed by atoms with Gasteiger partial charge in [-0.05, 0) is 0 Å². The Balaban J connectivity index is 0. The Kier molecular flexibility index (Phi) is 13.8. The fourth-order valence-electron chi connectivity index (χ4n) is 0.131. The third-order valence-corrected chi connectivity index (χ3v) is 1.55. The average Bonchev–Trinajstić information content (AvgIpc) is 1.68. The van der Waals surface area contributed by atoms with Gasteiger partial charge in [-0.25, -0.2) is 0 Å². The molecule has 0 saturated carbocycles. The monoisotopic (exact) mass is 176 g/mol. The molecule has 0 atom stereocenters. The van der Waals surface area contributed by atoms with Crippen LogP contribution in [0.5, 0.6) is 0 Å². The molecule has 0 aliphatic heterocycles. The van der Waals surface area contributed by atoms with Gasteiger partial charge in [-0.3, -0.25) is 0 Å². The van der Waals surface area contributed by atoms with Crippen molar-refractivity contribution in [2.45, 2.75) is 0 Å². The Bertz CT molecular complexity index is 70.3. The van der Waals surface area contributed by atoms with E-state index >= 15 is 0 Å². The summed E-state index contributed by atoms with van der Waals surface area (Å²) in [5.41, 5.74) is 0. The van der Waals surface area contributed by atoms with Crippen LogP contribution in [-0.2, 0) is 0 Å². The molecule has 5 heteroatoms. The molecule has 0 aromatic heterocycles. The quantitative estimate of drug-likeness (QED) is 0.329. The van der Waals surface area contributed by atoms with E-state index in [1.54, 1.807) is 7.05 Å². The second kappa shape index (κ2) is 8.84. The van der Waals surface area contributed by atoms with Crippen LogP contribution in [-0.4, -0.2) is 73.8 Å². The molecule has 0 fully saturated rings. The minimum Gasteiger partial charge on any atom is -0.385 e. The molecular formula is C3H7KNOS2. The summed E-state index contributed by atoms with van der Waals surface area (Å²) in [7, 11) is 1.73. The normalized spacial score (nSPS) is 7.25. The van der Waals surface area contributed by atoms with E-state index in [4.69, 9.17) is 5.11 Å². The molecule has 0 aromatic carbocycles. The van der Waals surface area contributed by atoms with Crippen LogP contribution in [0.2, 0.25) is 0 Å². The molecule has 0 amide bonds. The van der Waals surface area contributed by atoms with Crippen molar-refractivity contribution in [1.29, 1.82) is 0 Å². The minimum atomic E-state index is 0. The predicted molar refractivity (Wildman–Crippen MR) is 42.1 cm³/mol. The van der Waals surface area contributed by atoms with Gasteiger partial charge in [0.25, 0.3) is 0 Å². The van der Waals surface area contributed by atoms with E-state index in [0.717, 1.165) is 0 Å². The Morgan fingerprint density at radius 3 is 2.50 bits per heavy atom. The van der Waals surface area contributed by atoms with Crippen molar-refractivity contribution >= 4 is 79.7 Å². The van der Waals surface area contributed by atoms with Crippen LogP contribution < -0.4 is 5.32 Å². The minimum absolute atomic E-state index is 0. The van der Waals surface area contributed by atoms with Crippen LogP contribution >= 0.6 is 24.0 Å². The molecule has 2 nitrogen and oxygen atoms in total. The first-order valence-corrected chi connectivity index (χ1v) is 3.16. The van der Waals surface area contributed by atoms with Gasteiger partial charge in [0, 0.05) is 58.4 Å². The van der Waals surface area contributed by atoms with Crippen molar-refractivity contribution in [2.75, 3.05) is 13.0 Å². The van der Waals surface area contributed by atoms with Crippen molar-refractivity contribution in [1.82, 2.24) is 5.32 Å². The third-order valence-electron chi connectivity index (χ3n) is 0.400. The van der Waals surface area contributed by atoms with Gasteiger partial charge in [0.05, 0.1) is 5.94 Å². The SMILES string of the molecule is CNC(=S)SCO.[K]. The van der Waals surface area contributed by atoms with E-state index in [-0.39, 0.29) is 57.3 Å². The molecule has 43 valence electrons. The Morgan fingerprint density at radius 2 is 2.38 bits per heavy atom. The first kappa shape index (κ1) is 12.5. The van der Waals surface area contributed by atoms with E-state index < -0.39 is 0 Å². The van der Waals surface area contributed by atoms with Gasteiger partial charge in [0.2, 0.25) is 0 Å². The van der Waals surface area contributed by atoms with Crippen molar-refractivity contribution in [2.24, 2.45) is 0 Å². The summed E-state index contributed by atoms with van der Waals surface area (Å²) in [6, 6.07) is 0. The fraction of sp³-hybridized carbons (Fsp3) is 0.667. The maximum absolute atomic E-state index is 8.20. The van der Waals surface area contributed by atoms with Crippen LogP contribution in [0.15, 0.2) is 0 Å². The maximum atomic E-state index is 8.20. The van der Waals surface area contributed by atoms with Gasteiger partial charge >= 0.3 is 0 Å². The van der Waals surface area contributed by atoms with Gasteiger partial charge in [-0.2, -0.15) is 0 Å². The molecule has 0 aromatic rings. The molecule has 0 unspecified atom stereocenters. The molecular weight excluding hydrogens is 169 g/mol. The molecule has 0 spiro atoms. The number of aliphatic hydroxyl groups is 1. The molecule has 0 heterocycles. The third kappa shape index (κ3) is 7.84. The van der Waals surface area contributed by atoms with Crippen LogP contribution in [0.25, 0.3) is 0 Å². The smallest absolute Gasteiger partial charge is 0.135 e. The number of thioether (sulfide) groups is 1. The molecule has 0 rings (SSSR count). The van der Waals surface area contributed by atoms with Gasteiger partial charge < -0.3 is 10.4 Å². The Hall–Kier alpha value is 1.84. The van der Waals surface area contributed by atoms with E-state index in [9.17, 15) is 0 Å². The fourth-order valence-corrected chi connectivity index (χ4v) is 0.551. The maximum Gasteiger partial charge on any atom is 0.135 e. The largest absolute Gasteiger partial charge is 0.385 e. The van der Waals surface area contributed by atoms with E-state index in [1.165, 1.54) is 11.8 Å². The summed E-state index contributed by atoms with van der Waals surface area (Å²) in [6.07, 6.45) is 0. The van der Waals surface area contributed by atoms with Crippen LogP contribution in [0.1, 0.15) is 0 Å². The van der Waals surface area contributed by atoms with Crippen LogP contribution in [0.4, 0.5) is 0 Å². The summed E-state index contributed by atoms with van der Waals surface area (Å²) >= 11 is 5.85. The summed E-state index contributed by atoms with van der Waals surface area (Å²) in [6.45, 7) is 0. The number of hydrogen-bond donors (Lipinski definition) is 2. The van der Waals surface area contributed by atoms with Gasteiger partial charge in [-0.1, -0.05) is 24.0 Å². The number of aliphatic hydroxyl groups excluding tert-OH is 1. The summed E-state index contributed by atoms with van der Waals surface area (Å²) < 4.78 is 0.627. The number of thiocarbonyl (C=S) groups is 1. The van der Waals surface area contributed by atoms with E-state index in [1.807, 2.05) is 0 Å². The van der Waals surface area contributed by atoms with Gasteiger partial charge in [0.1, 0.15) is 4.32 Å².